The van der Waals surface area contributed by atoms with E-state index in [1.54, 1.807) is 0 Å². The molecule has 1 aromatic heterocycles. The standard InChI is InChI=1S/C13H23N3S/c1-4-11-12(9-14-5-2)17-13(15-11)16(3)10-7-6-8-10/h10,14H,4-9H2,1-3H3. The van der Waals surface area contributed by atoms with Gasteiger partial charge in [0.15, 0.2) is 5.13 Å². The SMILES string of the molecule is CCNCc1sc(N(C)C2CCC2)nc1CC. The lowest BCUT2D eigenvalue weighted by Gasteiger charge is -2.34. The van der Waals surface area contributed by atoms with E-state index in [9.17, 15) is 0 Å². The summed E-state index contributed by atoms with van der Waals surface area (Å²) in [5, 5.41) is 4.61. The van der Waals surface area contributed by atoms with E-state index >= 15 is 0 Å². The summed E-state index contributed by atoms with van der Waals surface area (Å²) in [5.74, 6) is 0. The Morgan fingerprint density at radius 2 is 2.18 bits per heavy atom. The molecule has 0 saturated heterocycles. The Bertz CT molecular complexity index is 358. The third kappa shape index (κ3) is 2.80. The molecule has 0 unspecified atom stereocenters. The van der Waals surface area contributed by atoms with Crippen molar-refractivity contribution in [2.45, 2.75) is 52.1 Å². The van der Waals surface area contributed by atoms with Crippen molar-refractivity contribution in [2.75, 3.05) is 18.5 Å². The van der Waals surface area contributed by atoms with Crippen molar-refractivity contribution >= 4 is 16.5 Å². The lowest BCUT2D eigenvalue weighted by Crippen LogP contribution is -2.37. The topological polar surface area (TPSA) is 28.2 Å². The number of hydrogen-bond donors (Lipinski definition) is 1. The van der Waals surface area contributed by atoms with Crippen LogP contribution in [0.2, 0.25) is 0 Å². The Kier molecular flexibility index (Phi) is 4.40. The predicted molar refractivity (Wildman–Crippen MR) is 74.9 cm³/mol. The minimum atomic E-state index is 0.734. The van der Waals surface area contributed by atoms with Crippen LogP contribution in [0.1, 0.15) is 43.7 Å². The lowest BCUT2D eigenvalue weighted by atomic mass is 9.92. The summed E-state index contributed by atoms with van der Waals surface area (Å²) in [7, 11) is 2.19. The number of nitrogens with zero attached hydrogens (tertiary/aromatic N) is 2. The van der Waals surface area contributed by atoms with Crippen molar-refractivity contribution in [3.8, 4) is 0 Å². The normalized spacial score (nSPS) is 15.9. The molecule has 1 fully saturated rings. The molecule has 1 aliphatic rings. The largest absolute Gasteiger partial charge is 0.348 e. The zero-order chi connectivity index (χ0) is 12.3. The Labute approximate surface area is 108 Å². The molecule has 0 bridgehead atoms. The van der Waals surface area contributed by atoms with Crippen LogP contribution in [0.25, 0.3) is 0 Å². The maximum Gasteiger partial charge on any atom is 0.185 e. The smallest absolute Gasteiger partial charge is 0.185 e. The van der Waals surface area contributed by atoms with E-state index < -0.39 is 0 Å². The molecule has 96 valence electrons. The van der Waals surface area contributed by atoms with Gasteiger partial charge in [-0.3, -0.25) is 0 Å². The van der Waals surface area contributed by atoms with Gasteiger partial charge in [0, 0.05) is 24.5 Å². The van der Waals surface area contributed by atoms with Crippen LogP contribution in [0.3, 0.4) is 0 Å². The monoisotopic (exact) mass is 253 g/mol. The van der Waals surface area contributed by atoms with Crippen molar-refractivity contribution in [2.24, 2.45) is 0 Å². The summed E-state index contributed by atoms with van der Waals surface area (Å²) in [6.07, 6.45) is 5.08. The molecule has 0 radical (unpaired) electrons. The fraction of sp³-hybridized carbons (Fsp3) is 0.769. The molecule has 0 aliphatic heterocycles. The van der Waals surface area contributed by atoms with Crippen molar-refractivity contribution in [1.82, 2.24) is 10.3 Å². The van der Waals surface area contributed by atoms with Crippen molar-refractivity contribution in [1.29, 1.82) is 0 Å². The maximum atomic E-state index is 4.79. The second-order valence-corrected chi connectivity index (χ2v) is 5.76. The van der Waals surface area contributed by atoms with Crippen LogP contribution >= 0.6 is 11.3 Å². The van der Waals surface area contributed by atoms with E-state index in [1.807, 2.05) is 11.3 Å². The van der Waals surface area contributed by atoms with Crippen LogP contribution < -0.4 is 10.2 Å². The van der Waals surface area contributed by atoms with E-state index in [2.05, 4.69) is 31.1 Å². The molecular formula is C13H23N3S. The first-order valence-corrected chi connectivity index (χ1v) is 7.50. The van der Waals surface area contributed by atoms with Gasteiger partial charge in [-0.25, -0.2) is 4.98 Å². The molecule has 1 aliphatic carbocycles. The fourth-order valence-electron chi connectivity index (χ4n) is 2.10. The van der Waals surface area contributed by atoms with Gasteiger partial charge in [0.25, 0.3) is 0 Å². The quantitative estimate of drug-likeness (QED) is 0.845. The first-order chi connectivity index (χ1) is 8.26. The highest BCUT2D eigenvalue weighted by Gasteiger charge is 2.24. The van der Waals surface area contributed by atoms with E-state index in [4.69, 9.17) is 4.98 Å². The number of anilines is 1. The number of hydrogen-bond acceptors (Lipinski definition) is 4. The Morgan fingerprint density at radius 1 is 1.41 bits per heavy atom. The van der Waals surface area contributed by atoms with Gasteiger partial charge < -0.3 is 10.2 Å². The number of aryl methyl sites for hydroxylation is 1. The van der Waals surface area contributed by atoms with Crippen molar-refractivity contribution in [3.63, 3.8) is 0 Å². The molecule has 1 N–H and O–H groups in total. The highest BCUT2D eigenvalue weighted by atomic mass is 32.1. The van der Waals surface area contributed by atoms with Crippen LogP contribution in [0.5, 0.6) is 0 Å². The molecule has 4 heteroatoms. The molecule has 0 amide bonds. The Balaban J connectivity index is 2.08. The summed E-state index contributed by atoms with van der Waals surface area (Å²) in [6.45, 7) is 6.33. The van der Waals surface area contributed by atoms with Gasteiger partial charge in [-0.2, -0.15) is 0 Å². The maximum absolute atomic E-state index is 4.79. The van der Waals surface area contributed by atoms with Crippen LogP contribution in [-0.2, 0) is 13.0 Å². The van der Waals surface area contributed by atoms with Crippen LogP contribution in [0.15, 0.2) is 0 Å². The first-order valence-electron chi connectivity index (χ1n) is 6.68. The molecule has 2 rings (SSSR count). The van der Waals surface area contributed by atoms with Gasteiger partial charge in [-0.1, -0.05) is 13.8 Å². The average Bonchev–Trinajstić information content (AvgIpc) is 2.67. The summed E-state index contributed by atoms with van der Waals surface area (Å²) in [5.41, 5.74) is 1.28. The fourth-order valence-corrected chi connectivity index (χ4v) is 3.25. The minimum Gasteiger partial charge on any atom is -0.348 e. The van der Waals surface area contributed by atoms with Gasteiger partial charge >= 0.3 is 0 Å². The number of rotatable bonds is 6. The molecule has 3 nitrogen and oxygen atoms in total. The third-order valence-electron chi connectivity index (χ3n) is 3.56. The van der Waals surface area contributed by atoms with Crippen molar-refractivity contribution in [3.05, 3.63) is 10.6 Å². The lowest BCUT2D eigenvalue weighted by molar-refractivity contribution is 0.401. The molecule has 0 aromatic carbocycles. The summed E-state index contributed by atoms with van der Waals surface area (Å²) in [4.78, 5) is 8.58. The van der Waals surface area contributed by atoms with E-state index in [1.165, 1.54) is 35.0 Å². The predicted octanol–water partition coefficient (Wildman–Crippen LogP) is 2.80. The van der Waals surface area contributed by atoms with Gasteiger partial charge in [0.2, 0.25) is 0 Å². The number of thiazole rings is 1. The molecule has 17 heavy (non-hydrogen) atoms. The first kappa shape index (κ1) is 12.8. The summed E-state index contributed by atoms with van der Waals surface area (Å²) >= 11 is 1.86. The van der Waals surface area contributed by atoms with Crippen LogP contribution in [0, 0.1) is 0 Å². The number of nitrogens with one attached hydrogen (secondary N) is 1. The minimum absolute atomic E-state index is 0.734. The zero-order valence-corrected chi connectivity index (χ0v) is 11.9. The van der Waals surface area contributed by atoms with Crippen molar-refractivity contribution < 1.29 is 0 Å². The molecule has 0 spiro atoms. The Hall–Kier alpha value is -0.610. The van der Waals surface area contributed by atoms with Gasteiger partial charge in [-0.15, -0.1) is 11.3 Å². The zero-order valence-electron chi connectivity index (χ0n) is 11.1. The molecule has 0 atom stereocenters. The van der Waals surface area contributed by atoms with E-state index in [0.29, 0.717) is 0 Å². The summed E-state index contributed by atoms with van der Waals surface area (Å²) < 4.78 is 0. The van der Waals surface area contributed by atoms with Gasteiger partial charge in [0.05, 0.1) is 5.69 Å². The van der Waals surface area contributed by atoms with Gasteiger partial charge in [0.1, 0.15) is 0 Å². The summed E-state index contributed by atoms with van der Waals surface area (Å²) in [6, 6.07) is 0.734. The van der Waals surface area contributed by atoms with Crippen LogP contribution in [0.4, 0.5) is 5.13 Å². The molecule has 1 heterocycles. The second kappa shape index (κ2) is 5.83. The average molecular weight is 253 g/mol. The van der Waals surface area contributed by atoms with E-state index in [0.717, 1.165) is 25.6 Å². The molecule has 1 saturated carbocycles. The highest BCUT2D eigenvalue weighted by molar-refractivity contribution is 7.15. The number of aromatic nitrogens is 1. The molecule has 1 aromatic rings. The third-order valence-corrected chi connectivity index (χ3v) is 4.75. The van der Waals surface area contributed by atoms with Gasteiger partial charge in [-0.05, 0) is 32.2 Å². The highest BCUT2D eigenvalue weighted by Crippen LogP contribution is 2.32. The second-order valence-electron chi connectivity index (χ2n) is 4.70. The molecular weight excluding hydrogens is 230 g/mol. The van der Waals surface area contributed by atoms with Crippen LogP contribution in [-0.4, -0.2) is 24.6 Å². The van der Waals surface area contributed by atoms with E-state index in [-0.39, 0.29) is 0 Å². The Morgan fingerprint density at radius 3 is 2.71 bits per heavy atom.